The number of hydrogen-bond donors (Lipinski definition) is 2. The van der Waals surface area contributed by atoms with Crippen LogP contribution >= 0.6 is 0 Å². The molecule has 0 bridgehead atoms. The van der Waals surface area contributed by atoms with Gasteiger partial charge in [-0.05, 0) is 33.7 Å². The van der Waals surface area contributed by atoms with Gasteiger partial charge in [0.15, 0.2) is 0 Å². The van der Waals surface area contributed by atoms with Crippen LogP contribution in [0.15, 0.2) is 42.5 Å². The highest BCUT2D eigenvalue weighted by molar-refractivity contribution is 5.99. The third-order valence-corrected chi connectivity index (χ3v) is 4.25. The maximum absolute atomic E-state index is 11.4. The molecule has 0 spiro atoms. The van der Waals surface area contributed by atoms with E-state index < -0.39 is 0 Å². The molecule has 1 aliphatic rings. The number of rotatable bonds is 2. The lowest BCUT2D eigenvalue weighted by molar-refractivity contribution is -0.115. The predicted molar refractivity (Wildman–Crippen MR) is 89.9 cm³/mol. The SMILES string of the molecule is CC(C)(C)c1ccc(C(N)c2ccc3c(c2)CC(=O)N3)cc1. The van der Waals surface area contributed by atoms with E-state index in [9.17, 15) is 4.79 Å². The molecule has 0 saturated carbocycles. The van der Waals surface area contributed by atoms with Gasteiger partial charge in [0, 0.05) is 5.69 Å². The molecule has 0 radical (unpaired) electrons. The van der Waals surface area contributed by atoms with E-state index >= 15 is 0 Å². The van der Waals surface area contributed by atoms with Crippen molar-refractivity contribution in [3.63, 3.8) is 0 Å². The van der Waals surface area contributed by atoms with Crippen LogP contribution in [0, 0.1) is 0 Å². The number of anilines is 1. The van der Waals surface area contributed by atoms with Crippen LogP contribution < -0.4 is 11.1 Å². The fraction of sp³-hybridized carbons (Fsp3) is 0.316. The average Bonchev–Trinajstić information content (AvgIpc) is 2.84. The summed E-state index contributed by atoms with van der Waals surface area (Å²) in [5.41, 5.74) is 11.9. The van der Waals surface area contributed by atoms with E-state index in [1.165, 1.54) is 5.56 Å². The largest absolute Gasteiger partial charge is 0.326 e. The van der Waals surface area contributed by atoms with Crippen molar-refractivity contribution in [2.45, 2.75) is 38.6 Å². The minimum Gasteiger partial charge on any atom is -0.326 e. The molecule has 2 aromatic carbocycles. The highest BCUT2D eigenvalue weighted by atomic mass is 16.1. The number of nitrogens with two attached hydrogens (primary N) is 1. The molecule has 1 heterocycles. The van der Waals surface area contributed by atoms with Crippen molar-refractivity contribution in [3.8, 4) is 0 Å². The zero-order valence-electron chi connectivity index (χ0n) is 13.3. The first kappa shape index (κ1) is 14.8. The number of hydrogen-bond acceptors (Lipinski definition) is 2. The Hall–Kier alpha value is -2.13. The number of carbonyl (C=O) groups is 1. The second-order valence-corrected chi connectivity index (χ2v) is 6.99. The molecule has 0 saturated heterocycles. The Labute approximate surface area is 131 Å². The minimum atomic E-state index is -0.171. The molecule has 114 valence electrons. The van der Waals surface area contributed by atoms with E-state index in [2.05, 4.69) is 50.4 Å². The molecule has 3 heteroatoms. The van der Waals surface area contributed by atoms with Gasteiger partial charge < -0.3 is 11.1 Å². The van der Waals surface area contributed by atoms with E-state index in [1.807, 2.05) is 18.2 Å². The Morgan fingerprint density at radius 2 is 1.68 bits per heavy atom. The average molecular weight is 294 g/mol. The van der Waals surface area contributed by atoms with Crippen LogP contribution in [0.2, 0.25) is 0 Å². The first-order valence-electron chi connectivity index (χ1n) is 7.63. The van der Waals surface area contributed by atoms with E-state index in [0.717, 1.165) is 22.4 Å². The van der Waals surface area contributed by atoms with Crippen LogP contribution in [0.4, 0.5) is 5.69 Å². The Bertz CT molecular complexity index is 711. The van der Waals surface area contributed by atoms with E-state index in [4.69, 9.17) is 5.73 Å². The van der Waals surface area contributed by atoms with Gasteiger partial charge >= 0.3 is 0 Å². The zero-order chi connectivity index (χ0) is 15.9. The van der Waals surface area contributed by atoms with E-state index in [0.29, 0.717) is 6.42 Å². The van der Waals surface area contributed by atoms with Gasteiger partial charge in [-0.15, -0.1) is 0 Å². The van der Waals surface area contributed by atoms with Crippen LogP contribution in [0.25, 0.3) is 0 Å². The molecule has 1 aliphatic heterocycles. The van der Waals surface area contributed by atoms with Gasteiger partial charge in [0.25, 0.3) is 0 Å². The number of benzene rings is 2. The molecular formula is C19H22N2O. The molecule has 0 aliphatic carbocycles. The summed E-state index contributed by atoms with van der Waals surface area (Å²) in [5.74, 6) is 0.0512. The van der Waals surface area contributed by atoms with Crippen LogP contribution in [0.3, 0.4) is 0 Å². The quantitative estimate of drug-likeness (QED) is 0.890. The summed E-state index contributed by atoms with van der Waals surface area (Å²) in [4.78, 5) is 11.4. The zero-order valence-corrected chi connectivity index (χ0v) is 13.3. The standard InChI is InChI=1S/C19H22N2O/c1-19(2,3)15-7-4-12(5-8-15)18(20)13-6-9-16-14(10-13)11-17(22)21-16/h4-10,18H,11,20H2,1-3H3,(H,21,22). The Kier molecular flexibility index (Phi) is 3.53. The summed E-state index contributed by atoms with van der Waals surface area (Å²) in [5, 5.41) is 2.85. The molecule has 3 rings (SSSR count). The molecule has 1 unspecified atom stereocenters. The summed E-state index contributed by atoms with van der Waals surface area (Å²) >= 11 is 0. The molecule has 2 aromatic rings. The van der Waals surface area contributed by atoms with Gasteiger partial charge in [-0.1, -0.05) is 57.2 Å². The highest BCUT2D eigenvalue weighted by Crippen LogP contribution is 2.29. The monoisotopic (exact) mass is 294 g/mol. The van der Waals surface area contributed by atoms with E-state index in [1.54, 1.807) is 0 Å². The molecule has 0 fully saturated rings. The van der Waals surface area contributed by atoms with Crippen LogP contribution in [-0.2, 0) is 16.6 Å². The van der Waals surface area contributed by atoms with Gasteiger partial charge in [-0.2, -0.15) is 0 Å². The van der Waals surface area contributed by atoms with Gasteiger partial charge in [0.05, 0.1) is 12.5 Å². The molecule has 1 atom stereocenters. The molecule has 1 amide bonds. The number of fused-ring (bicyclic) bond motifs is 1. The Balaban J connectivity index is 1.87. The topological polar surface area (TPSA) is 55.1 Å². The van der Waals surface area contributed by atoms with Gasteiger partial charge in [0.1, 0.15) is 0 Å². The minimum absolute atomic E-state index is 0.0512. The fourth-order valence-electron chi connectivity index (χ4n) is 2.83. The molecule has 0 aromatic heterocycles. The summed E-state index contributed by atoms with van der Waals surface area (Å²) < 4.78 is 0. The smallest absolute Gasteiger partial charge is 0.228 e. The number of amides is 1. The second-order valence-electron chi connectivity index (χ2n) is 6.99. The van der Waals surface area contributed by atoms with Crippen molar-refractivity contribution in [1.29, 1.82) is 0 Å². The summed E-state index contributed by atoms with van der Waals surface area (Å²) in [6.45, 7) is 6.60. The van der Waals surface area contributed by atoms with Crippen molar-refractivity contribution in [2.24, 2.45) is 5.73 Å². The second kappa shape index (κ2) is 5.25. The van der Waals surface area contributed by atoms with Crippen molar-refractivity contribution in [3.05, 3.63) is 64.7 Å². The summed E-state index contributed by atoms with van der Waals surface area (Å²) in [7, 11) is 0. The van der Waals surface area contributed by atoms with E-state index in [-0.39, 0.29) is 17.4 Å². The maximum atomic E-state index is 11.4. The van der Waals surface area contributed by atoms with Gasteiger partial charge in [-0.25, -0.2) is 0 Å². The fourth-order valence-corrected chi connectivity index (χ4v) is 2.83. The van der Waals surface area contributed by atoms with Crippen molar-refractivity contribution < 1.29 is 4.79 Å². The molecule has 3 nitrogen and oxygen atoms in total. The number of carbonyl (C=O) groups excluding carboxylic acids is 1. The van der Waals surface area contributed by atoms with Crippen LogP contribution in [-0.4, -0.2) is 5.91 Å². The first-order chi connectivity index (χ1) is 10.3. The molecule has 3 N–H and O–H groups in total. The normalized spacial score (nSPS) is 15.4. The first-order valence-corrected chi connectivity index (χ1v) is 7.63. The van der Waals surface area contributed by atoms with Crippen LogP contribution in [0.1, 0.15) is 49.1 Å². The molecule has 22 heavy (non-hydrogen) atoms. The predicted octanol–water partition coefficient (Wildman–Crippen LogP) is 3.53. The van der Waals surface area contributed by atoms with Crippen molar-refractivity contribution in [2.75, 3.05) is 5.32 Å². The lowest BCUT2D eigenvalue weighted by Crippen LogP contribution is -2.14. The molecular weight excluding hydrogens is 272 g/mol. The Morgan fingerprint density at radius 1 is 1.05 bits per heavy atom. The number of nitrogens with one attached hydrogen (secondary N) is 1. The van der Waals surface area contributed by atoms with Crippen molar-refractivity contribution >= 4 is 11.6 Å². The van der Waals surface area contributed by atoms with Crippen LogP contribution in [0.5, 0.6) is 0 Å². The lowest BCUT2D eigenvalue weighted by atomic mass is 9.86. The van der Waals surface area contributed by atoms with Crippen molar-refractivity contribution in [1.82, 2.24) is 0 Å². The third kappa shape index (κ3) is 2.77. The highest BCUT2D eigenvalue weighted by Gasteiger charge is 2.20. The summed E-state index contributed by atoms with van der Waals surface area (Å²) in [6, 6.07) is 14.3. The maximum Gasteiger partial charge on any atom is 0.228 e. The third-order valence-electron chi connectivity index (χ3n) is 4.25. The lowest BCUT2D eigenvalue weighted by Gasteiger charge is -2.20. The summed E-state index contributed by atoms with van der Waals surface area (Å²) in [6.07, 6.45) is 0.443. The Morgan fingerprint density at radius 3 is 2.32 bits per heavy atom. The van der Waals surface area contributed by atoms with Gasteiger partial charge in [0.2, 0.25) is 5.91 Å². The van der Waals surface area contributed by atoms with Gasteiger partial charge in [-0.3, -0.25) is 4.79 Å².